The quantitative estimate of drug-likeness (QED) is 0.0620. The van der Waals surface area contributed by atoms with Crippen molar-refractivity contribution < 1.29 is 18.5 Å². The number of ether oxygens (including phenoxy) is 1. The minimum atomic E-state index is -0.477. The van der Waals surface area contributed by atoms with E-state index in [1.165, 1.54) is 103 Å². The van der Waals surface area contributed by atoms with E-state index in [2.05, 4.69) is 30.9 Å². The van der Waals surface area contributed by atoms with Crippen molar-refractivity contribution in [2.24, 2.45) is 0 Å². The van der Waals surface area contributed by atoms with Gasteiger partial charge in [-0.3, -0.25) is 0 Å². The standard InChI is InChI=1S/C32H54O4S/c1-3-5-7-9-11-13-14-15-16-18-20-22-26-35-31(33)29-24-25-30(32(34)36-37)28(27-29)23-21-19-17-12-10-8-6-4-2/h24-25,27,37H,3-23,26H2,1-2H3. The molecule has 0 bridgehead atoms. The SMILES string of the molecule is CCCCCCCCCCCCCCOC(=O)c1ccc(C(=O)OS)c(CCCCCCCCCC)c1. The smallest absolute Gasteiger partial charge is 0.350 e. The van der Waals surface area contributed by atoms with Gasteiger partial charge < -0.3 is 8.92 Å². The molecule has 0 heterocycles. The third-order valence-corrected chi connectivity index (χ3v) is 7.34. The number of hydrogen-bond donors (Lipinski definition) is 1. The zero-order valence-corrected chi connectivity index (χ0v) is 24.8. The molecule has 0 aliphatic rings. The summed E-state index contributed by atoms with van der Waals surface area (Å²) in [7, 11) is 0. The average Bonchev–Trinajstić information content (AvgIpc) is 2.92. The van der Waals surface area contributed by atoms with Crippen molar-refractivity contribution in [3.63, 3.8) is 0 Å². The highest BCUT2D eigenvalue weighted by Crippen LogP contribution is 2.19. The molecule has 0 radical (unpaired) electrons. The van der Waals surface area contributed by atoms with Crippen LogP contribution in [0.2, 0.25) is 0 Å². The van der Waals surface area contributed by atoms with Gasteiger partial charge in [-0.05, 0) is 43.0 Å². The molecule has 37 heavy (non-hydrogen) atoms. The molecule has 0 aliphatic heterocycles. The van der Waals surface area contributed by atoms with Crippen LogP contribution in [0.1, 0.15) is 169 Å². The molecule has 0 spiro atoms. The third kappa shape index (κ3) is 16.9. The van der Waals surface area contributed by atoms with Crippen molar-refractivity contribution in [3.8, 4) is 0 Å². The first-order valence-electron chi connectivity index (χ1n) is 15.3. The molecule has 5 heteroatoms. The predicted octanol–water partition coefficient (Wildman–Crippen LogP) is 10.2. The van der Waals surface area contributed by atoms with E-state index in [1.54, 1.807) is 18.2 Å². The first-order valence-corrected chi connectivity index (χ1v) is 15.7. The summed E-state index contributed by atoms with van der Waals surface area (Å²) < 4.78 is 10.2. The molecule has 0 saturated heterocycles. The highest BCUT2D eigenvalue weighted by molar-refractivity contribution is 7.75. The summed E-state index contributed by atoms with van der Waals surface area (Å²) in [6, 6.07) is 5.12. The van der Waals surface area contributed by atoms with E-state index >= 15 is 0 Å². The molecule has 0 amide bonds. The Bertz CT molecular complexity index is 719. The second-order valence-corrected chi connectivity index (χ2v) is 10.7. The number of aryl methyl sites for hydroxylation is 1. The zero-order chi connectivity index (χ0) is 27.0. The molecular weight excluding hydrogens is 480 g/mol. The van der Waals surface area contributed by atoms with Crippen LogP contribution in [0.3, 0.4) is 0 Å². The van der Waals surface area contributed by atoms with Gasteiger partial charge in [0.2, 0.25) is 0 Å². The Kier molecular flexibility index (Phi) is 21.4. The van der Waals surface area contributed by atoms with Crippen molar-refractivity contribution in [1.29, 1.82) is 0 Å². The van der Waals surface area contributed by atoms with Gasteiger partial charge in [0.1, 0.15) is 0 Å². The van der Waals surface area contributed by atoms with E-state index in [4.69, 9.17) is 4.74 Å². The number of rotatable bonds is 24. The van der Waals surface area contributed by atoms with E-state index < -0.39 is 5.97 Å². The summed E-state index contributed by atoms with van der Waals surface area (Å²) in [5.74, 6) is -0.791. The normalized spacial score (nSPS) is 11.0. The number of unbranched alkanes of at least 4 members (excludes halogenated alkanes) is 18. The Morgan fingerprint density at radius 3 is 1.57 bits per heavy atom. The molecule has 1 rings (SSSR count). The van der Waals surface area contributed by atoms with Crippen LogP contribution < -0.4 is 0 Å². The Morgan fingerprint density at radius 1 is 0.622 bits per heavy atom. The lowest BCUT2D eigenvalue weighted by atomic mass is 9.98. The highest BCUT2D eigenvalue weighted by atomic mass is 32.1. The number of hydrogen-bond acceptors (Lipinski definition) is 5. The maximum atomic E-state index is 12.6. The van der Waals surface area contributed by atoms with Crippen LogP contribution in [0.4, 0.5) is 0 Å². The summed E-state index contributed by atoms with van der Waals surface area (Å²) in [4.78, 5) is 24.7. The first-order chi connectivity index (χ1) is 18.1. The second-order valence-electron chi connectivity index (χ2n) is 10.5. The van der Waals surface area contributed by atoms with Crippen LogP contribution >= 0.6 is 12.9 Å². The van der Waals surface area contributed by atoms with Crippen molar-refractivity contribution >= 4 is 24.8 Å². The third-order valence-electron chi connectivity index (χ3n) is 7.17. The molecule has 1 aromatic carbocycles. The van der Waals surface area contributed by atoms with Gasteiger partial charge >= 0.3 is 11.9 Å². The fourth-order valence-electron chi connectivity index (χ4n) is 4.82. The van der Waals surface area contributed by atoms with E-state index in [-0.39, 0.29) is 5.97 Å². The molecule has 4 nitrogen and oxygen atoms in total. The highest BCUT2D eigenvalue weighted by Gasteiger charge is 2.16. The summed E-state index contributed by atoms with van der Waals surface area (Å²) in [5, 5.41) is 0. The van der Waals surface area contributed by atoms with Gasteiger partial charge in [-0.2, -0.15) is 0 Å². The minimum absolute atomic E-state index is 0.314. The average molecular weight is 535 g/mol. The molecular formula is C32H54O4S. The van der Waals surface area contributed by atoms with Crippen LogP contribution in [0.25, 0.3) is 0 Å². The van der Waals surface area contributed by atoms with Crippen LogP contribution in [-0.4, -0.2) is 18.5 Å². The van der Waals surface area contributed by atoms with Gasteiger partial charge in [-0.25, -0.2) is 9.59 Å². The molecule has 0 aromatic heterocycles. The van der Waals surface area contributed by atoms with Crippen molar-refractivity contribution in [3.05, 3.63) is 34.9 Å². The lowest BCUT2D eigenvalue weighted by Crippen LogP contribution is -2.10. The second kappa shape index (κ2) is 23.6. The van der Waals surface area contributed by atoms with E-state index in [1.807, 2.05) is 0 Å². The van der Waals surface area contributed by atoms with Crippen molar-refractivity contribution in [2.45, 2.75) is 149 Å². The van der Waals surface area contributed by atoms with Crippen molar-refractivity contribution in [2.75, 3.05) is 6.61 Å². The number of thiol groups is 1. The number of carbonyl (C=O) groups is 2. The zero-order valence-electron chi connectivity index (χ0n) is 23.9. The van der Waals surface area contributed by atoms with Crippen LogP contribution in [0, 0.1) is 0 Å². The van der Waals surface area contributed by atoms with Gasteiger partial charge in [-0.1, -0.05) is 129 Å². The lowest BCUT2D eigenvalue weighted by Gasteiger charge is -2.11. The minimum Gasteiger partial charge on any atom is -0.462 e. The number of esters is 1. The molecule has 0 saturated carbocycles. The van der Waals surface area contributed by atoms with Gasteiger partial charge in [0.15, 0.2) is 0 Å². The van der Waals surface area contributed by atoms with E-state index in [9.17, 15) is 9.59 Å². The van der Waals surface area contributed by atoms with Gasteiger partial charge in [0, 0.05) is 12.9 Å². The van der Waals surface area contributed by atoms with Gasteiger partial charge in [0.05, 0.1) is 17.7 Å². The summed E-state index contributed by atoms with van der Waals surface area (Å²) >= 11 is 3.68. The molecule has 0 N–H and O–H groups in total. The summed E-state index contributed by atoms with van der Waals surface area (Å²) in [6.45, 7) is 4.94. The molecule has 212 valence electrons. The first kappa shape index (κ1) is 33.5. The van der Waals surface area contributed by atoms with Crippen LogP contribution in [-0.2, 0) is 15.3 Å². The topological polar surface area (TPSA) is 52.6 Å². The Morgan fingerprint density at radius 2 is 1.08 bits per heavy atom. The monoisotopic (exact) mass is 534 g/mol. The fourth-order valence-corrected chi connectivity index (χ4v) is 4.91. The molecule has 1 aromatic rings. The Labute approximate surface area is 233 Å². The van der Waals surface area contributed by atoms with Gasteiger partial charge in [-0.15, -0.1) is 0 Å². The fraction of sp³-hybridized carbons (Fsp3) is 0.750. The van der Waals surface area contributed by atoms with Crippen molar-refractivity contribution in [1.82, 2.24) is 0 Å². The van der Waals surface area contributed by atoms with Crippen LogP contribution in [0.5, 0.6) is 0 Å². The van der Waals surface area contributed by atoms with E-state index in [0.717, 1.165) is 37.7 Å². The Hall–Kier alpha value is -1.49. The van der Waals surface area contributed by atoms with Crippen LogP contribution in [0.15, 0.2) is 18.2 Å². The summed E-state index contributed by atoms with van der Waals surface area (Å²) in [5.41, 5.74) is 1.82. The maximum Gasteiger partial charge on any atom is 0.350 e. The van der Waals surface area contributed by atoms with E-state index in [0.29, 0.717) is 17.7 Å². The molecule has 0 unspecified atom stereocenters. The predicted molar refractivity (Wildman–Crippen MR) is 159 cm³/mol. The lowest BCUT2D eigenvalue weighted by molar-refractivity contribution is 0.0496. The maximum absolute atomic E-state index is 12.6. The van der Waals surface area contributed by atoms with Gasteiger partial charge in [0.25, 0.3) is 0 Å². The Balaban J connectivity index is 2.29. The molecule has 0 atom stereocenters. The molecule has 0 fully saturated rings. The summed E-state index contributed by atoms with van der Waals surface area (Å²) in [6.07, 6.45) is 25.9. The largest absolute Gasteiger partial charge is 0.462 e. The number of benzene rings is 1. The molecule has 0 aliphatic carbocycles. The number of carbonyl (C=O) groups excluding carboxylic acids is 2.